The number of anilines is 1. The summed E-state index contributed by atoms with van der Waals surface area (Å²) in [6.45, 7) is 2.98. The highest BCUT2D eigenvalue weighted by Crippen LogP contribution is 2.29. The first-order chi connectivity index (χ1) is 13.8. The molecule has 0 aliphatic heterocycles. The van der Waals surface area contributed by atoms with E-state index in [1.165, 1.54) is 20.1 Å². The molecule has 0 saturated carbocycles. The summed E-state index contributed by atoms with van der Waals surface area (Å²) < 4.78 is 15.8. The van der Waals surface area contributed by atoms with Crippen molar-refractivity contribution in [3.05, 3.63) is 58.1 Å². The van der Waals surface area contributed by atoms with Gasteiger partial charge in [0, 0.05) is 5.02 Å². The number of esters is 1. The van der Waals surface area contributed by atoms with Crippen molar-refractivity contribution < 1.29 is 23.8 Å². The number of halogens is 2. The molecule has 2 rings (SSSR count). The number of benzene rings is 2. The molecular weight excluding hydrogens is 417 g/mol. The van der Waals surface area contributed by atoms with Crippen molar-refractivity contribution >= 4 is 46.8 Å². The van der Waals surface area contributed by atoms with Gasteiger partial charge in [-0.1, -0.05) is 41.4 Å². The summed E-state index contributed by atoms with van der Waals surface area (Å²) in [7, 11) is 1.51. The predicted octanol–water partition coefficient (Wildman–Crippen LogP) is 4.98. The molecule has 0 aromatic heterocycles. The van der Waals surface area contributed by atoms with E-state index in [1.807, 2.05) is 25.1 Å². The summed E-state index contributed by atoms with van der Waals surface area (Å²) >= 11 is 11.8. The lowest BCUT2D eigenvalue weighted by Gasteiger charge is -2.15. The summed E-state index contributed by atoms with van der Waals surface area (Å²) in [6, 6.07) is 9.95. The molecule has 0 radical (unpaired) electrons. The van der Waals surface area contributed by atoms with E-state index in [0.29, 0.717) is 22.2 Å². The normalized spacial score (nSPS) is 11.8. The van der Waals surface area contributed by atoms with Crippen LogP contribution in [0, 0.1) is 0 Å². The number of hydrogen-bond acceptors (Lipinski definition) is 5. The first-order valence-electron chi connectivity index (χ1n) is 8.73. The molecule has 0 fully saturated rings. The van der Waals surface area contributed by atoms with E-state index in [-0.39, 0.29) is 11.6 Å². The number of methoxy groups -OCH3 is 1. The molecule has 2 aromatic carbocycles. The van der Waals surface area contributed by atoms with Crippen LogP contribution >= 0.6 is 23.2 Å². The fourth-order valence-electron chi connectivity index (χ4n) is 2.35. The van der Waals surface area contributed by atoms with Crippen molar-refractivity contribution in [2.75, 3.05) is 19.0 Å². The molecular formula is C21H21Cl2NO5. The summed E-state index contributed by atoms with van der Waals surface area (Å²) in [5.74, 6) is -0.357. The fraction of sp³-hybridized carbons (Fsp3) is 0.238. The Labute approximate surface area is 179 Å². The van der Waals surface area contributed by atoms with E-state index in [9.17, 15) is 9.59 Å². The molecule has 1 unspecified atom stereocenters. The Morgan fingerprint density at radius 1 is 1.14 bits per heavy atom. The van der Waals surface area contributed by atoms with E-state index in [0.717, 1.165) is 5.56 Å². The zero-order chi connectivity index (χ0) is 21.4. The highest BCUT2D eigenvalue weighted by atomic mass is 35.5. The molecule has 1 atom stereocenters. The lowest BCUT2D eigenvalue weighted by Crippen LogP contribution is -2.31. The van der Waals surface area contributed by atoms with Crippen LogP contribution in [-0.4, -0.2) is 31.7 Å². The van der Waals surface area contributed by atoms with Crippen LogP contribution in [0.15, 0.2) is 42.5 Å². The molecule has 1 N–H and O–H groups in total. The molecule has 0 aliphatic carbocycles. The maximum absolute atomic E-state index is 12.2. The second-order valence-electron chi connectivity index (χ2n) is 5.94. The Morgan fingerprint density at radius 2 is 1.90 bits per heavy atom. The molecule has 2 aromatic rings. The molecule has 0 heterocycles. The van der Waals surface area contributed by atoms with Crippen LogP contribution < -0.4 is 14.8 Å². The monoisotopic (exact) mass is 437 g/mol. The number of amides is 1. The van der Waals surface area contributed by atoms with Gasteiger partial charge in [0.25, 0.3) is 5.91 Å². The van der Waals surface area contributed by atoms with Gasteiger partial charge < -0.3 is 19.5 Å². The fourth-order valence-corrected chi connectivity index (χ4v) is 2.80. The van der Waals surface area contributed by atoms with Crippen LogP contribution in [0.3, 0.4) is 0 Å². The van der Waals surface area contributed by atoms with Gasteiger partial charge in [-0.2, -0.15) is 0 Å². The van der Waals surface area contributed by atoms with E-state index in [1.54, 1.807) is 24.3 Å². The number of carbonyl (C=O) groups excluding carboxylic acids is 2. The molecule has 1 amide bonds. The van der Waals surface area contributed by atoms with Crippen LogP contribution in [0.4, 0.5) is 5.69 Å². The minimum atomic E-state index is -1.04. The second kappa shape index (κ2) is 10.7. The third-order valence-electron chi connectivity index (χ3n) is 3.76. The van der Waals surface area contributed by atoms with Gasteiger partial charge in [-0.05, 0) is 49.7 Å². The van der Waals surface area contributed by atoms with Crippen LogP contribution in [0.25, 0.3) is 6.08 Å². The van der Waals surface area contributed by atoms with Gasteiger partial charge in [-0.3, -0.25) is 4.79 Å². The number of hydrogen-bond donors (Lipinski definition) is 1. The first-order valence-corrected chi connectivity index (χ1v) is 9.48. The maximum atomic E-state index is 12.2. The molecule has 0 saturated heterocycles. The predicted molar refractivity (Wildman–Crippen MR) is 114 cm³/mol. The van der Waals surface area contributed by atoms with Gasteiger partial charge in [-0.25, -0.2) is 4.79 Å². The Morgan fingerprint density at radius 3 is 2.55 bits per heavy atom. The number of nitrogens with one attached hydrogen (secondary N) is 1. The Balaban J connectivity index is 1.90. The van der Waals surface area contributed by atoms with Crippen molar-refractivity contribution in [2.45, 2.75) is 20.0 Å². The summed E-state index contributed by atoms with van der Waals surface area (Å²) in [6.07, 6.45) is 2.77. The van der Waals surface area contributed by atoms with Crippen LogP contribution in [-0.2, 0) is 14.3 Å². The average Bonchev–Trinajstić information content (AvgIpc) is 2.69. The summed E-state index contributed by atoms with van der Waals surface area (Å²) in [5.41, 5.74) is 1.30. The number of ether oxygens (including phenoxy) is 3. The quantitative estimate of drug-likeness (QED) is 0.589. The first kappa shape index (κ1) is 22.6. The number of carbonyl (C=O) groups is 2. The van der Waals surface area contributed by atoms with Crippen LogP contribution in [0.5, 0.6) is 11.5 Å². The third kappa shape index (κ3) is 6.69. The number of allylic oxidation sites excluding steroid dienone is 1. The lowest BCUT2D eigenvalue weighted by atomic mass is 10.2. The molecule has 0 bridgehead atoms. The summed E-state index contributed by atoms with van der Waals surface area (Å²) in [4.78, 5) is 24.3. The molecule has 154 valence electrons. The Bertz CT molecular complexity index is 914. The lowest BCUT2D eigenvalue weighted by molar-refractivity contribution is -0.155. The summed E-state index contributed by atoms with van der Waals surface area (Å²) in [5, 5.41) is 3.30. The molecule has 0 spiro atoms. The smallest absolute Gasteiger partial charge is 0.344 e. The van der Waals surface area contributed by atoms with E-state index in [4.69, 9.17) is 37.4 Å². The minimum absolute atomic E-state index is 0.279. The largest absolute Gasteiger partial charge is 0.493 e. The van der Waals surface area contributed by atoms with Crippen molar-refractivity contribution in [1.29, 1.82) is 0 Å². The molecule has 0 aliphatic rings. The van der Waals surface area contributed by atoms with Gasteiger partial charge in [0.2, 0.25) is 0 Å². The molecule has 6 nitrogen and oxygen atoms in total. The van der Waals surface area contributed by atoms with E-state index in [2.05, 4.69) is 5.32 Å². The average molecular weight is 438 g/mol. The van der Waals surface area contributed by atoms with Crippen LogP contribution in [0.1, 0.15) is 19.4 Å². The zero-order valence-electron chi connectivity index (χ0n) is 16.2. The highest BCUT2D eigenvalue weighted by Gasteiger charge is 2.19. The Hall–Kier alpha value is -2.70. The topological polar surface area (TPSA) is 73.9 Å². The van der Waals surface area contributed by atoms with Crippen molar-refractivity contribution in [1.82, 2.24) is 0 Å². The van der Waals surface area contributed by atoms with E-state index < -0.39 is 18.0 Å². The van der Waals surface area contributed by atoms with Crippen molar-refractivity contribution in [2.24, 2.45) is 0 Å². The van der Waals surface area contributed by atoms with Crippen LogP contribution in [0.2, 0.25) is 10.0 Å². The van der Waals surface area contributed by atoms with Gasteiger partial charge in [0.15, 0.2) is 24.2 Å². The van der Waals surface area contributed by atoms with Crippen molar-refractivity contribution in [3.63, 3.8) is 0 Å². The number of rotatable bonds is 8. The van der Waals surface area contributed by atoms with Gasteiger partial charge in [0.1, 0.15) is 0 Å². The van der Waals surface area contributed by atoms with Crippen molar-refractivity contribution in [3.8, 4) is 11.5 Å². The molecule has 29 heavy (non-hydrogen) atoms. The van der Waals surface area contributed by atoms with E-state index >= 15 is 0 Å². The van der Waals surface area contributed by atoms with Gasteiger partial charge >= 0.3 is 5.97 Å². The standard InChI is InChI=1S/C21H21Cl2NO5/c1-4-5-14-6-9-18(19(10-14)27-3)28-12-20(25)29-13(2)21(26)24-17-8-7-15(22)11-16(17)23/h4-11,13H,12H2,1-3H3,(H,24,26)/b5-4+. The molecule has 8 heteroatoms. The maximum Gasteiger partial charge on any atom is 0.344 e. The Kier molecular flexibility index (Phi) is 8.36. The minimum Gasteiger partial charge on any atom is -0.493 e. The SMILES string of the molecule is C/C=C/c1ccc(OCC(=O)OC(C)C(=O)Nc2ccc(Cl)cc2Cl)c(OC)c1. The van der Waals surface area contributed by atoms with Gasteiger partial charge in [-0.15, -0.1) is 0 Å². The highest BCUT2D eigenvalue weighted by molar-refractivity contribution is 6.36. The van der Waals surface area contributed by atoms with Gasteiger partial charge in [0.05, 0.1) is 17.8 Å². The second-order valence-corrected chi connectivity index (χ2v) is 6.79. The zero-order valence-corrected chi connectivity index (χ0v) is 17.7. The third-order valence-corrected chi connectivity index (χ3v) is 4.31.